The highest BCUT2D eigenvalue weighted by atomic mass is 32.2. The molecule has 3 heteroatoms. The van der Waals surface area contributed by atoms with E-state index in [2.05, 4.69) is 36.2 Å². The van der Waals surface area contributed by atoms with E-state index in [1.165, 1.54) is 11.1 Å². The van der Waals surface area contributed by atoms with E-state index in [1.807, 2.05) is 23.9 Å². The zero-order chi connectivity index (χ0) is 12.1. The van der Waals surface area contributed by atoms with Gasteiger partial charge in [-0.1, -0.05) is 35.9 Å². The van der Waals surface area contributed by atoms with Crippen molar-refractivity contribution in [2.24, 2.45) is 0 Å². The van der Waals surface area contributed by atoms with Crippen molar-refractivity contribution >= 4 is 17.6 Å². The van der Waals surface area contributed by atoms with Gasteiger partial charge in [0.15, 0.2) is 0 Å². The highest BCUT2D eigenvalue weighted by molar-refractivity contribution is 7.97. The van der Waals surface area contributed by atoms with Crippen LogP contribution in [0.3, 0.4) is 0 Å². The predicted molar refractivity (Wildman–Crippen MR) is 74.8 cm³/mol. The molecule has 2 nitrogen and oxygen atoms in total. The van der Waals surface area contributed by atoms with E-state index in [9.17, 15) is 0 Å². The van der Waals surface area contributed by atoms with Gasteiger partial charge in [-0.15, -0.1) is 0 Å². The topological polar surface area (TPSA) is 38.9 Å². The quantitative estimate of drug-likeness (QED) is 0.895. The van der Waals surface area contributed by atoms with E-state index in [0.29, 0.717) is 5.82 Å². The number of hydrogen-bond acceptors (Lipinski definition) is 3. The van der Waals surface area contributed by atoms with Crippen molar-refractivity contribution in [2.45, 2.75) is 18.4 Å². The van der Waals surface area contributed by atoms with Gasteiger partial charge in [0.25, 0.3) is 0 Å². The molecule has 0 amide bonds. The van der Waals surface area contributed by atoms with E-state index < -0.39 is 0 Å². The smallest absolute Gasteiger partial charge is 0.127 e. The van der Waals surface area contributed by atoms with E-state index in [0.717, 1.165) is 17.1 Å². The normalized spacial score (nSPS) is 10.4. The standard InChI is InChI=1S/C14H16N2S/c1-11-4-2-5-12(8-11)9-17-10-13-6-3-7-16-14(13)15/h2-8H,9-10H2,1H3,(H2,15,16). The van der Waals surface area contributed by atoms with Crippen LogP contribution in [0.15, 0.2) is 42.6 Å². The Kier molecular flexibility index (Phi) is 4.04. The van der Waals surface area contributed by atoms with E-state index in [-0.39, 0.29) is 0 Å². The predicted octanol–water partition coefficient (Wildman–Crippen LogP) is 3.41. The lowest BCUT2D eigenvalue weighted by atomic mass is 10.2. The lowest BCUT2D eigenvalue weighted by Gasteiger charge is -2.05. The molecule has 0 aliphatic carbocycles. The molecule has 0 saturated carbocycles. The van der Waals surface area contributed by atoms with Crippen molar-refractivity contribution in [1.82, 2.24) is 4.98 Å². The summed E-state index contributed by atoms with van der Waals surface area (Å²) in [5.41, 5.74) is 9.58. The summed E-state index contributed by atoms with van der Waals surface area (Å²) in [5.74, 6) is 2.56. The summed E-state index contributed by atoms with van der Waals surface area (Å²) in [4.78, 5) is 4.08. The van der Waals surface area contributed by atoms with Gasteiger partial charge in [-0.2, -0.15) is 11.8 Å². The van der Waals surface area contributed by atoms with Crippen LogP contribution in [-0.2, 0) is 11.5 Å². The summed E-state index contributed by atoms with van der Waals surface area (Å²) in [6, 6.07) is 12.6. The van der Waals surface area contributed by atoms with Gasteiger partial charge in [-0.3, -0.25) is 0 Å². The Morgan fingerprint density at radius 2 is 2.06 bits per heavy atom. The van der Waals surface area contributed by atoms with Crippen molar-refractivity contribution in [3.05, 3.63) is 59.3 Å². The summed E-state index contributed by atoms with van der Waals surface area (Å²) in [5, 5.41) is 0. The molecule has 0 fully saturated rings. The van der Waals surface area contributed by atoms with Crippen molar-refractivity contribution in [3.8, 4) is 0 Å². The number of hydrogen-bond donors (Lipinski definition) is 1. The Balaban J connectivity index is 1.90. The number of pyridine rings is 1. The van der Waals surface area contributed by atoms with Crippen LogP contribution in [0.1, 0.15) is 16.7 Å². The minimum atomic E-state index is 0.643. The van der Waals surface area contributed by atoms with Crippen molar-refractivity contribution in [2.75, 3.05) is 5.73 Å². The Bertz CT molecular complexity index is 497. The molecule has 1 aromatic heterocycles. The summed E-state index contributed by atoms with van der Waals surface area (Å²) in [7, 11) is 0. The van der Waals surface area contributed by atoms with E-state index in [4.69, 9.17) is 5.73 Å². The van der Waals surface area contributed by atoms with Crippen molar-refractivity contribution < 1.29 is 0 Å². The van der Waals surface area contributed by atoms with Crippen LogP contribution in [0.2, 0.25) is 0 Å². The Hall–Kier alpha value is -1.48. The number of nitrogens with zero attached hydrogens (tertiary/aromatic N) is 1. The summed E-state index contributed by atoms with van der Waals surface area (Å²) < 4.78 is 0. The summed E-state index contributed by atoms with van der Waals surface area (Å²) in [6.07, 6.45) is 1.73. The molecule has 0 aliphatic rings. The molecule has 0 saturated heterocycles. The highest BCUT2D eigenvalue weighted by Crippen LogP contribution is 2.20. The van der Waals surface area contributed by atoms with Gasteiger partial charge in [-0.05, 0) is 18.6 Å². The second-order valence-corrected chi connectivity index (χ2v) is 5.02. The molecule has 2 rings (SSSR count). The average molecular weight is 244 g/mol. The van der Waals surface area contributed by atoms with Crippen molar-refractivity contribution in [3.63, 3.8) is 0 Å². The van der Waals surface area contributed by atoms with Crippen LogP contribution in [0, 0.1) is 6.92 Å². The number of aromatic nitrogens is 1. The van der Waals surface area contributed by atoms with Crippen LogP contribution >= 0.6 is 11.8 Å². The molecule has 1 heterocycles. The van der Waals surface area contributed by atoms with Gasteiger partial charge in [0.1, 0.15) is 5.82 Å². The molecule has 2 aromatic rings. The number of nitrogens with two attached hydrogens (primary N) is 1. The van der Waals surface area contributed by atoms with Gasteiger partial charge in [0.05, 0.1) is 0 Å². The molecule has 88 valence electrons. The van der Waals surface area contributed by atoms with Gasteiger partial charge >= 0.3 is 0 Å². The third-order valence-corrected chi connectivity index (χ3v) is 3.59. The van der Waals surface area contributed by atoms with Crippen LogP contribution in [0.4, 0.5) is 5.82 Å². The fraction of sp³-hybridized carbons (Fsp3) is 0.214. The van der Waals surface area contributed by atoms with Crippen LogP contribution in [-0.4, -0.2) is 4.98 Å². The second kappa shape index (κ2) is 5.73. The maximum Gasteiger partial charge on any atom is 0.127 e. The Morgan fingerprint density at radius 1 is 1.18 bits per heavy atom. The fourth-order valence-electron chi connectivity index (χ4n) is 1.65. The van der Waals surface area contributed by atoms with Crippen molar-refractivity contribution in [1.29, 1.82) is 0 Å². The van der Waals surface area contributed by atoms with Crippen LogP contribution in [0.5, 0.6) is 0 Å². The average Bonchev–Trinajstić information content (AvgIpc) is 2.32. The molecule has 0 bridgehead atoms. The highest BCUT2D eigenvalue weighted by Gasteiger charge is 2.00. The number of benzene rings is 1. The number of thioether (sulfide) groups is 1. The Labute approximate surface area is 106 Å². The molecule has 0 unspecified atom stereocenters. The van der Waals surface area contributed by atoms with E-state index >= 15 is 0 Å². The zero-order valence-corrected chi connectivity index (χ0v) is 10.7. The number of anilines is 1. The lowest BCUT2D eigenvalue weighted by molar-refractivity contribution is 1.26. The summed E-state index contributed by atoms with van der Waals surface area (Å²) in [6.45, 7) is 2.12. The first kappa shape index (κ1) is 12.0. The molecule has 1 aromatic carbocycles. The summed E-state index contributed by atoms with van der Waals surface area (Å²) >= 11 is 1.86. The SMILES string of the molecule is Cc1cccc(CSCc2cccnc2N)c1. The molecule has 2 N–H and O–H groups in total. The van der Waals surface area contributed by atoms with Gasteiger partial charge < -0.3 is 5.73 Å². The van der Waals surface area contributed by atoms with Crippen LogP contribution in [0.25, 0.3) is 0 Å². The van der Waals surface area contributed by atoms with Gasteiger partial charge in [0, 0.05) is 23.3 Å². The largest absolute Gasteiger partial charge is 0.383 e. The third kappa shape index (κ3) is 3.49. The fourth-order valence-corrected chi connectivity index (χ4v) is 2.63. The van der Waals surface area contributed by atoms with Gasteiger partial charge in [-0.25, -0.2) is 4.98 Å². The lowest BCUT2D eigenvalue weighted by Crippen LogP contribution is -1.95. The Morgan fingerprint density at radius 3 is 2.82 bits per heavy atom. The number of nitrogen functional groups attached to an aromatic ring is 1. The number of aryl methyl sites for hydroxylation is 1. The third-order valence-electron chi connectivity index (χ3n) is 2.53. The molecule has 0 spiro atoms. The first-order valence-electron chi connectivity index (χ1n) is 5.58. The maximum absolute atomic E-state index is 5.80. The molecule has 0 aliphatic heterocycles. The monoisotopic (exact) mass is 244 g/mol. The maximum atomic E-state index is 5.80. The number of rotatable bonds is 4. The molecule has 0 atom stereocenters. The molecular formula is C14H16N2S. The second-order valence-electron chi connectivity index (χ2n) is 4.03. The van der Waals surface area contributed by atoms with Crippen LogP contribution < -0.4 is 5.73 Å². The van der Waals surface area contributed by atoms with E-state index in [1.54, 1.807) is 6.20 Å². The first-order valence-corrected chi connectivity index (χ1v) is 6.74. The van der Waals surface area contributed by atoms with Gasteiger partial charge in [0.2, 0.25) is 0 Å². The zero-order valence-electron chi connectivity index (χ0n) is 9.89. The molecular weight excluding hydrogens is 228 g/mol. The minimum Gasteiger partial charge on any atom is -0.383 e. The minimum absolute atomic E-state index is 0.643. The first-order chi connectivity index (χ1) is 8.25. The molecule has 0 radical (unpaired) electrons. The molecule has 17 heavy (non-hydrogen) atoms.